The lowest BCUT2D eigenvalue weighted by molar-refractivity contribution is 0.285. The lowest BCUT2D eigenvalue weighted by atomic mass is 10.2. The van der Waals surface area contributed by atoms with E-state index in [1.165, 1.54) is 11.1 Å². The second-order valence-electron chi connectivity index (χ2n) is 5.67. The molecule has 0 aromatic heterocycles. The van der Waals surface area contributed by atoms with Crippen LogP contribution in [0.3, 0.4) is 0 Å². The number of ether oxygens (including phenoxy) is 1. The van der Waals surface area contributed by atoms with Crippen LogP contribution in [0.25, 0.3) is 0 Å². The Morgan fingerprint density at radius 2 is 1.81 bits per heavy atom. The molecule has 1 saturated heterocycles. The monoisotopic (exact) mass is 282 g/mol. The van der Waals surface area contributed by atoms with Crippen molar-refractivity contribution in [3.05, 3.63) is 65.7 Å². The second-order valence-corrected chi connectivity index (χ2v) is 5.67. The maximum absolute atomic E-state index is 6.00. The van der Waals surface area contributed by atoms with Crippen LogP contribution in [-0.4, -0.2) is 24.0 Å². The number of likely N-dealkylation sites (tertiary alicyclic amines) is 1. The molecule has 0 radical (unpaired) electrons. The summed E-state index contributed by atoms with van der Waals surface area (Å²) < 4.78 is 6.00. The van der Waals surface area contributed by atoms with E-state index in [0.717, 1.165) is 31.8 Å². The van der Waals surface area contributed by atoms with E-state index in [1.54, 1.807) is 0 Å². The predicted octanol–water partition coefficient (Wildman–Crippen LogP) is 2.80. The molecule has 0 aliphatic carbocycles. The zero-order valence-electron chi connectivity index (χ0n) is 12.2. The Morgan fingerprint density at radius 1 is 1.05 bits per heavy atom. The highest BCUT2D eigenvalue weighted by Gasteiger charge is 2.19. The van der Waals surface area contributed by atoms with Gasteiger partial charge in [-0.2, -0.15) is 0 Å². The fourth-order valence-electron chi connectivity index (χ4n) is 2.76. The van der Waals surface area contributed by atoms with Crippen molar-refractivity contribution >= 4 is 0 Å². The van der Waals surface area contributed by atoms with Gasteiger partial charge in [0.15, 0.2) is 0 Å². The number of hydrogen-bond donors (Lipinski definition) is 1. The molecule has 21 heavy (non-hydrogen) atoms. The highest BCUT2D eigenvalue weighted by atomic mass is 16.5. The van der Waals surface area contributed by atoms with Crippen LogP contribution < -0.4 is 10.5 Å². The third-order valence-electron chi connectivity index (χ3n) is 3.91. The van der Waals surface area contributed by atoms with Gasteiger partial charge in [0, 0.05) is 31.2 Å². The molecule has 110 valence electrons. The quantitative estimate of drug-likeness (QED) is 0.916. The average Bonchev–Trinajstić information content (AvgIpc) is 2.93. The standard InChI is InChI=1S/C18H22N2O/c19-17-10-11-20(13-17)12-16-8-4-5-9-18(16)21-14-15-6-2-1-3-7-15/h1-9,17H,10-14,19H2. The molecule has 3 nitrogen and oxygen atoms in total. The van der Waals surface area contributed by atoms with Crippen molar-refractivity contribution < 1.29 is 4.74 Å². The van der Waals surface area contributed by atoms with Crippen LogP contribution in [0, 0.1) is 0 Å². The Morgan fingerprint density at radius 3 is 2.57 bits per heavy atom. The fourth-order valence-corrected chi connectivity index (χ4v) is 2.76. The molecular formula is C18H22N2O. The summed E-state index contributed by atoms with van der Waals surface area (Å²) >= 11 is 0. The van der Waals surface area contributed by atoms with Gasteiger partial charge in [-0.15, -0.1) is 0 Å². The van der Waals surface area contributed by atoms with Crippen molar-refractivity contribution in [1.29, 1.82) is 0 Å². The van der Waals surface area contributed by atoms with Crippen molar-refractivity contribution in [2.45, 2.75) is 25.6 Å². The molecule has 3 rings (SSSR count). The van der Waals surface area contributed by atoms with Gasteiger partial charge in [-0.05, 0) is 18.1 Å². The fraction of sp³-hybridized carbons (Fsp3) is 0.333. The van der Waals surface area contributed by atoms with Crippen LogP contribution in [-0.2, 0) is 13.2 Å². The van der Waals surface area contributed by atoms with E-state index in [0.29, 0.717) is 12.6 Å². The van der Waals surface area contributed by atoms with Gasteiger partial charge < -0.3 is 10.5 Å². The molecule has 1 aliphatic heterocycles. The number of para-hydroxylation sites is 1. The molecule has 1 aliphatic rings. The Bertz CT molecular complexity index is 570. The van der Waals surface area contributed by atoms with Gasteiger partial charge >= 0.3 is 0 Å². The summed E-state index contributed by atoms with van der Waals surface area (Å²) in [5, 5.41) is 0. The molecule has 1 fully saturated rings. The molecule has 1 heterocycles. The van der Waals surface area contributed by atoms with E-state index in [-0.39, 0.29) is 0 Å². The summed E-state index contributed by atoms with van der Waals surface area (Å²) in [6.07, 6.45) is 1.09. The minimum Gasteiger partial charge on any atom is -0.489 e. The molecule has 2 aromatic carbocycles. The normalized spacial score (nSPS) is 18.8. The third kappa shape index (κ3) is 3.84. The first-order chi connectivity index (χ1) is 10.3. The molecule has 2 aromatic rings. The van der Waals surface area contributed by atoms with E-state index in [1.807, 2.05) is 30.3 Å². The lowest BCUT2D eigenvalue weighted by Gasteiger charge is -2.18. The van der Waals surface area contributed by atoms with Gasteiger partial charge in [0.05, 0.1) is 0 Å². The first-order valence-corrected chi connectivity index (χ1v) is 7.54. The van der Waals surface area contributed by atoms with Crippen molar-refractivity contribution in [2.24, 2.45) is 5.73 Å². The van der Waals surface area contributed by atoms with Gasteiger partial charge in [0.1, 0.15) is 12.4 Å². The third-order valence-corrected chi connectivity index (χ3v) is 3.91. The summed E-state index contributed by atoms with van der Waals surface area (Å²) in [6, 6.07) is 18.9. The molecule has 1 unspecified atom stereocenters. The summed E-state index contributed by atoms with van der Waals surface area (Å²) in [5.41, 5.74) is 8.41. The van der Waals surface area contributed by atoms with E-state index in [4.69, 9.17) is 10.5 Å². The second kappa shape index (κ2) is 6.74. The molecule has 1 atom stereocenters. The molecule has 0 saturated carbocycles. The largest absolute Gasteiger partial charge is 0.489 e. The van der Waals surface area contributed by atoms with Crippen molar-refractivity contribution in [3.63, 3.8) is 0 Å². The van der Waals surface area contributed by atoms with Gasteiger partial charge in [-0.25, -0.2) is 0 Å². The Balaban J connectivity index is 1.65. The SMILES string of the molecule is NC1CCN(Cc2ccccc2OCc2ccccc2)C1. The topological polar surface area (TPSA) is 38.5 Å². The number of hydrogen-bond acceptors (Lipinski definition) is 3. The van der Waals surface area contributed by atoms with E-state index >= 15 is 0 Å². The Hall–Kier alpha value is -1.84. The highest BCUT2D eigenvalue weighted by molar-refractivity contribution is 5.33. The van der Waals surface area contributed by atoms with Crippen molar-refractivity contribution in [1.82, 2.24) is 4.90 Å². The Kier molecular flexibility index (Phi) is 4.53. The van der Waals surface area contributed by atoms with Crippen LogP contribution in [0.15, 0.2) is 54.6 Å². The van der Waals surface area contributed by atoms with Crippen LogP contribution >= 0.6 is 0 Å². The van der Waals surface area contributed by atoms with E-state index in [2.05, 4.69) is 29.2 Å². The summed E-state index contributed by atoms with van der Waals surface area (Å²) in [5.74, 6) is 0.974. The first kappa shape index (κ1) is 14.1. The molecule has 0 bridgehead atoms. The zero-order valence-corrected chi connectivity index (χ0v) is 12.2. The Labute approximate surface area is 126 Å². The molecular weight excluding hydrogens is 260 g/mol. The number of rotatable bonds is 5. The summed E-state index contributed by atoms with van der Waals surface area (Å²) in [6.45, 7) is 3.58. The minimum absolute atomic E-state index is 0.322. The first-order valence-electron chi connectivity index (χ1n) is 7.54. The highest BCUT2D eigenvalue weighted by Crippen LogP contribution is 2.22. The molecule has 0 amide bonds. The van der Waals surface area contributed by atoms with Crippen LogP contribution in [0.5, 0.6) is 5.75 Å². The molecule has 3 heteroatoms. The van der Waals surface area contributed by atoms with E-state index in [9.17, 15) is 0 Å². The minimum atomic E-state index is 0.322. The number of benzene rings is 2. The lowest BCUT2D eigenvalue weighted by Crippen LogP contribution is -2.26. The maximum atomic E-state index is 6.00. The predicted molar refractivity (Wildman–Crippen MR) is 85.1 cm³/mol. The van der Waals surface area contributed by atoms with E-state index < -0.39 is 0 Å². The molecule has 0 spiro atoms. The average molecular weight is 282 g/mol. The van der Waals surface area contributed by atoms with Crippen LogP contribution in [0.1, 0.15) is 17.5 Å². The van der Waals surface area contributed by atoms with Crippen molar-refractivity contribution in [2.75, 3.05) is 13.1 Å². The maximum Gasteiger partial charge on any atom is 0.124 e. The van der Waals surface area contributed by atoms with Gasteiger partial charge in [0.2, 0.25) is 0 Å². The summed E-state index contributed by atoms with van der Waals surface area (Å²) in [7, 11) is 0. The van der Waals surface area contributed by atoms with Crippen LogP contribution in [0.2, 0.25) is 0 Å². The van der Waals surface area contributed by atoms with Gasteiger partial charge in [-0.1, -0.05) is 48.5 Å². The van der Waals surface area contributed by atoms with Gasteiger partial charge in [-0.3, -0.25) is 4.90 Å². The zero-order chi connectivity index (χ0) is 14.5. The van der Waals surface area contributed by atoms with Crippen molar-refractivity contribution in [3.8, 4) is 5.75 Å². The smallest absolute Gasteiger partial charge is 0.124 e. The number of nitrogens with two attached hydrogens (primary N) is 1. The summed E-state index contributed by atoms with van der Waals surface area (Å²) in [4.78, 5) is 2.40. The molecule has 2 N–H and O–H groups in total. The van der Waals surface area contributed by atoms with Crippen LogP contribution in [0.4, 0.5) is 0 Å². The number of nitrogens with zero attached hydrogens (tertiary/aromatic N) is 1. The van der Waals surface area contributed by atoms with Gasteiger partial charge in [0.25, 0.3) is 0 Å².